The van der Waals surface area contributed by atoms with Gasteiger partial charge in [-0.15, -0.1) is 9.36 Å². The molecule has 0 spiro atoms. The predicted molar refractivity (Wildman–Crippen MR) is 81.5 cm³/mol. The molecule has 0 radical (unpaired) electrons. The highest BCUT2D eigenvalue weighted by atomic mass is 16.7. The molecule has 2 aromatic rings. The Balaban J connectivity index is 1.60. The first kappa shape index (κ1) is 17.0. The number of nitrogens with zero attached hydrogens (tertiary/aromatic N) is 3. The third-order valence-corrected chi connectivity index (χ3v) is 4.00. The third-order valence-electron chi connectivity index (χ3n) is 4.00. The van der Waals surface area contributed by atoms with Crippen molar-refractivity contribution in [1.82, 2.24) is 9.90 Å². The van der Waals surface area contributed by atoms with E-state index in [-0.39, 0.29) is 13.2 Å². The molecular formula is C16H22N3O5+. The topological polar surface area (TPSA) is 101 Å². The lowest BCUT2D eigenvalue weighted by Crippen LogP contribution is -2.53. The van der Waals surface area contributed by atoms with Crippen molar-refractivity contribution >= 4 is 0 Å². The molecular weight excluding hydrogens is 314 g/mol. The minimum absolute atomic E-state index is 0.0811. The summed E-state index contributed by atoms with van der Waals surface area (Å²) >= 11 is 0. The Bertz CT molecular complexity index is 663. The molecule has 0 aliphatic carbocycles. The lowest BCUT2D eigenvalue weighted by Gasteiger charge is -2.34. The maximum atomic E-state index is 9.87. The maximum absolute atomic E-state index is 9.87. The summed E-state index contributed by atoms with van der Waals surface area (Å²) in [6.07, 6.45) is -2.81. The highest BCUT2D eigenvalue weighted by Gasteiger charge is 2.38. The van der Waals surface area contributed by atoms with Crippen LogP contribution in [0.15, 0.2) is 36.5 Å². The van der Waals surface area contributed by atoms with E-state index in [0.717, 1.165) is 11.3 Å². The molecule has 0 unspecified atom stereocenters. The molecule has 0 amide bonds. The Hall–Kier alpha value is -1.84. The van der Waals surface area contributed by atoms with Crippen LogP contribution in [0.3, 0.4) is 0 Å². The summed E-state index contributed by atoms with van der Waals surface area (Å²) in [5.74, 6) is 0. The van der Waals surface area contributed by atoms with E-state index in [1.807, 2.05) is 36.5 Å². The van der Waals surface area contributed by atoms with Crippen LogP contribution in [0.1, 0.15) is 11.3 Å². The zero-order chi connectivity index (χ0) is 17.1. The summed E-state index contributed by atoms with van der Waals surface area (Å²) in [4.78, 5) is 0. The molecule has 1 aromatic heterocycles. The van der Waals surface area contributed by atoms with Gasteiger partial charge in [0.15, 0.2) is 18.2 Å². The molecule has 2 heterocycles. The Kier molecular flexibility index (Phi) is 5.22. The van der Waals surface area contributed by atoms with Crippen molar-refractivity contribution in [2.24, 2.45) is 7.05 Å². The predicted octanol–water partition coefficient (Wildman–Crippen LogP) is -1.29. The molecule has 1 saturated heterocycles. The second-order valence-electron chi connectivity index (χ2n) is 5.88. The van der Waals surface area contributed by atoms with E-state index in [4.69, 9.17) is 9.47 Å². The molecule has 3 N–H and O–H groups in total. The van der Waals surface area contributed by atoms with Crippen molar-refractivity contribution < 1.29 is 29.5 Å². The van der Waals surface area contributed by atoms with Crippen molar-refractivity contribution in [2.75, 3.05) is 6.61 Å². The molecule has 3 rings (SSSR count). The van der Waals surface area contributed by atoms with E-state index in [1.165, 1.54) is 0 Å². The van der Waals surface area contributed by atoms with Crippen molar-refractivity contribution in [1.29, 1.82) is 0 Å². The van der Waals surface area contributed by atoms with Crippen LogP contribution in [0.2, 0.25) is 0 Å². The Morgan fingerprint density at radius 1 is 1.25 bits per heavy atom. The first-order valence-electron chi connectivity index (χ1n) is 7.78. The summed E-state index contributed by atoms with van der Waals surface area (Å²) in [6.45, 7) is 0.722. The lowest BCUT2D eigenvalue weighted by molar-refractivity contribution is -0.747. The summed E-state index contributed by atoms with van der Waals surface area (Å²) in [6, 6.07) is 9.97. The molecule has 0 saturated carbocycles. The van der Waals surface area contributed by atoms with Gasteiger partial charge in [0.1, 0.15) is 38.5 Å². The fourth-order valence-electron chi connectivity index (χ4n) is 2.58. The van der Waals surface area contributed by atoms with Crippen molar-refractivity contribution in [3.05, 3.63) is 47.8 Å². The van der Waals surface area contributed by atoms with Crippen LogP contribution in [-0.2, 0) is 29.7 Å². The number of aliphatic hydroxyl groups is 3. The Morgan fingerprint density at radius 2 is 2.00 bits per heavy atom. The number of benzene rings is 1. The number of hydrogen-bond donors (Lipinski definition) is 3. The monoisotopic (exact) mass is 336 g/mol. The number of aliphatic hydroxyl groups excluding tert-OH is 3. The van der Waals surface area contributed by atoms with E-state index in [9.17, 15) is 15.3 Å². The molecule has 1 aromatic carbocycles. The van der Waals surface area contributed by atoms with E-state index in [0.29, 0.717) is 6.54 Å². The molecule has 0 bridgehead atoms. The van der Waals surface area contributed by atoms with Gasteiger partial charge in [0.25, 0.3) is 0 Å². The van der Waals surface area contributed by atoms with Crippen LogP contribution in [0.25, 0.3) is 0 Å². The number of aromatic nitrogens is 3. The minimum Gasteiger partial charge on any atom is -0.388 e. The smallest absolute Gasteiger partial charge is 0.193 e. The molecule has 1 fully saturated rings. The zero-order valence-electron chi connectivity index (χ0n) is 13.4. The van der Waals surface area contributed by atoms with Crippen molar-refractivity contribution in [2.45, 2.75) is 37.8 Å². The van der Waals surface area contributed by atoms with Gasteiger partial charge in [-0.1, -0.05) is 30.3 Å². The first-order valence-corrected chi connectivity index (χ1v) is 7.78. The van der Waals surface area contributed by atoms with Gasteiger partial charge < -0.3 is 24.8 Å². The lowest BCUT2D eigenvalue weighted by atomic mass is 10.1. The second-order valence-corrected chi connectivity index (χ2v) is 5.88. The largest absolute Gasteiger partial charge is 0.388 e. The van der Waals surface area contributed by atoms with Crippen LogP contribution in [0.4, 0.5) is 0 Å². The Morgan fingerprint density at radius 3 is 2.75 bits per heavy atom. The Labute approximate surface area is 139 Å². The van der Waals surface area contributed by atoms with Crippen LogP contribution >= 0.6 is 0 Å². The standard InChI is InChI=1S/C16H22N3O5/c1-18-12(8-19(17-18)7-11-5-3-2-4-6-11)9-23-16-15(22)14(21)13(20)10-24-16/h2-6,8,13-16,20-22H,7,9-10H2,1H3/q+1/t13-,14+,15-,16-/m1/s1. The van der Waals surface area contributed by atoms with Crippen LogP contribution in [0.5, 0.6) is 0 Å². The van der Waals surface area contributed by atoms with E-state index >= 15 is 0 Å². The van der Waals surface area contributed by atoms with Gasteiger partial charge in [-0.05, 0) is 5.56 Å². The SMILES string of the molecule is Cn1n[n+](Cc2ccccc2)cc1CO[C@@H]1OC[C@@H](O)[C@H](O)[C@H]1O. The summed E-state index contributed by atoms with van der Waals surface area (Å²) in [5.41, 5.74) is 1.93. The van der Waals surface area contributed by atoms with Crippen LogP contribution in [-0.4, -0.2) is 56.4 Å². The average Bonchev–Trinajstić information content (AvgIpc) is 2.92. The summed E-state index contributed by atoms with van der Waals surface area (Å²) in [5, 5.41) is 33.3. The first-order chi connectivity index (χ1) is 11.5. The third kappa shape index (κ3) is 3.80. The minimum atomic E-state index is -1.29. The van der Waals surface area contributed by atoms with Gasteiger partial charge in [-0.25, -0.2) is 0 Å². The molecule has 1 aliphatic rings. The van der Waals surface area contributed by atoms with Crippen molar-refractivity contribution in [3.8, 4) is 0 Å². The summed E-state index contributed by atoms with van der Waals surface area (Å²) < 4.78 is 14.2. The van der Waals surface area contributed by atoms with E-state index < -0.39 is 24.6 Å². The number of ether oxygens (including phenoxy) is 2. The maximum Gasteiger partial charge on any atom is 0.193 e. The average molecular weight is 336 g/mol. The molecule has 8 heteroatoms. The molecule has 24 heavy (non-hydrogen) atoms. The van der Waals surface area contributed by atoms with Gasteiger partial charge in [-0.3, -0.25) is 0 Å². The fraction of sp³-hybridized carbons (Fsp3) is 0.500. The summed E-state index contributed by atoms with van der Waals surface area (Å²) in [7, 11) is 1.80. The van der Waals surface area contributed by atoms with Gasteiger partial charge in [0.2, 0.25) is 0 Å². The quantitative estimate of drug-likeness (QED) is 0.588. The van der Waals surface area contributed by atoms with Gasteiger partial charge in [0.05, 0.1) is 11.8 Å². The number of rotatable bonds is 5. The van der Waals surface area contributed by atoms with Gasteiger partial charge >= 0.3 is 0 Å². The zero-order valence-corrected chi connectivity index (χ0v) is 13.4. The normalized spacial score (nSPS) is 27.3. The van der Waals surface area contributed by atoms with Crippen LogP contribution in [0, 0.1) is 0 Å². The number of aryl methyl sites for hydroxylation is 1. The fourth-order valence-corrected chi connectivity index (χ4v) is 2.58. The highest BCUT2D eigenvalue weighted by molar-refractivity contribution is 5.13. The van der Waals surface area contributed by atoms with Crippen molar-refractivity contribution in [3.63, 3.8) is 0 Å². The molecule has 4 atom stereocenters. The van der Waals surface area contributed by atoms with E-state index in [1.54, 1.807) is 16.4 Å². The van der Waals surface area contributed by atoms with Gasteiger partial charge in [-0.2, -0.15) is 0 Å². The molecule has 8 nitrogen and oxygen atoms in total. The van der Waals surface area contributed by atoms with E-state index in [2.05, 4.69) is 5.21 Å². The second kappa shape index (κ2) is 7.37. The molecule has 130 valence electrons. The molecule has 1 aliphatic heterocycles. The van der Waals surface area contributed by atoms with Crippen LogP contribution < -0.4 is 4.68 Å². The van der Waals surface area contributed by atoms with Gasteiger partial charge in [0, 0.05) is 0 Å². The number of hydrogen-bond acceptors (Lipinski definition) is 6. The highest BCUT2D eigenvalue weighted by Crippen LogP contribution is 2.17.